The average Bonchev–Trinajstić information content (AvgIpc) is 2.43. The van der Waals surface area contributed by atoms with Crippen LogP contribution in [0.3, 0.4) is 0 Å². The zero-order valence-electron chi connectivity index (χ0n) is 6.05. The fourth-order valence-electron chi connectivity index (χ4n) is 1.02. The number of halogens is 2. The molecular formula is C8H5BrClNO. The van der Waals surface area contributed by atoms with E-state index in [2.05, 4.69) is 20.9 Å². The molecule has 0 aliphatic rings. The third kappa shape index (κ3) is 1.34. The summed E-state index contributed by atoms with van der Waals surface area (Å²) in [5.41, 5.74) is 2.68. The lowest BCUT2D eigenvalue weighted by Gasteiger charge is -1.91. The van der Waals surface area contributed by atoms with Gasteiger partial charge in [0.25, 0.3) is 5.35 Å². The van der Waals surface area contributed by atoms with Crippen LogP contribution < -0.4 is 0 Å². The Hall–Kier alpha value is -0.540. The van der Waals surface area contributed by atoms with Crippen LogP contribution in [0.1, 0.15) is 5.56 Å². The lowest BCUT2D eigenvalue weighted by Crippen LogP contribution is -1.75. The molecule has 0 spiro atoms. The summed E-state index contributed by atoms with van der Waals surface area (Å²) in [5.74, 6) is 0. The molecule has 1 aromatic carbocycles. The molecule has 12 heavy (non-hydrogen) atoms. The lowest BCUT2D eigenvalue weighted by atomic mass is 10.2. The van der Waals surface area contributed by atoms with Crippen LogP contribution in [-0.4, -0.2) is 4.98 Å². The fraction of sp³-hybridized carbons (Fsp3) is 0.125. The molecule has 1 aromatic heterocycles. The first-order valence-electron chi connectivity index (χ1n) is 3.40. The highest BCUT2D eigenvalue weighted by Gasteiger charge is 2.02. The molecule has 0 amide bonds. The maximum Gasteiger partial charge on any atom is 0.293 e. The van der Waals surface area contributed by atoms with E-state index in [1.165, 1.54) is 0 Å². The maximum atomic E-state index is 5.59. The summed E-state index contributed by atoms with van der Waals surface area (Å²) in [4.78, 5) is 3.97. The van der Waals surface area contributed by atoms with Crippen molar-refractivity contribution in [3.8, 4) is 0 Å². The molecule has 0 aliphatic carbocycles. The molecule has 0 radical (unpaired) electrons. The highest BCUT2D eigenvalue weighted by molar-refractivity contribution is 9.08. The minimum Gasteiger partial charge on any atom is -0.428 e. The largest absolute Gasteiger partial charge is 0.428 e. The van der Waals surface area contributed by atoms with E-state index < -0.39 is 0 Å². The molecule has 0 saturated carbocycles. The SMILES string of the molecule is Clc1nc2ccc(CBr)cc2o1. The van der Waals surface area contributed by atoms with Crippen LogP contribution >= 0.6 is 27.5 Å². The highest BCUT2D eigenvalue weighted by atomic mass is 79.9. The third-order valence-corrected chi connectivity index (χ3v) is 2.39. The number of nitrogens with zero attached hydrogens (tertiary/aromatic N) is 1. The number of oxazole rings is 1. The number of rotatable bonds is 1. The van der Waals surface area contributed by atoms with E-state index in [9.17, 15) is 0 Å². The van der Waals surface area contributed by atoms with Crippen molar-refractivity contribution in [1.82, 2.24) is 4.98 Å². The molecule has 2 nitrogen and oxygen atoms in total. The standard InChI is InChI=1S/C8H5BrClNO/c9-4-5-1-2-6-7(3-5)12-8(10)11-6/h1-3H,4H2. The molecule has 62 valence electrons. The summed E-state index contributed by atoms with van der Waals surface area (Å²) in [7, 11) is 0. The van der Waals surface area contributed by atoms with E-state index >= 15 is 0 Å². The normalized spacial score (nSPS) is 10.8. The van der Waals surface area contributed by atoms with E-state index in [1.54, 1.807) is 0 Å². The molecule has 0 saturated heterocycles. The second-order valence-corrected chi connectivity index (χ2v) is 3.29. The zero-order valence-corrected chi connectivity index (χ0v) is 8.39. The first kappa shape index (κ1) is 8.08. The predicted octanol–water partition coefficient (Wildman–Crippen LogP) is 3.38. The Kier molecular flexibility index (Phi) is 2.07. The molecule has 0 atom stereocenters. The van der Waals surface area contributed by atoms with Gasteiger partial charge in [-0.25, -0.2) is 0 Å². The molecule has 0 aliphatic heterocycles. The van der Waals surface area contributed by atoms with Gasteiger partial charge in [-0.3, -0.25) is 0 Å². The molecule has 1 heterocycles. The Morgan fingerprint density at radius 3 is 3.08 bits per heavy atom. The number of fused-ring (bicyclic) bond motifs is 1. The molecule has 2 rings (SSSR count). The van der Waals surface area contributed by atoms with Crippen molar-refractivity contribution in [2.24, 2.45) is 0 Å². The van der Waals surface area contributed by atoms with Crippen molar-refractivity contribution in [1.29, 1.82) is 0 Å². The molecule has 0 N–H and O–H groups in total. The van der Waals surface area contributed by atoms with Crippen molar-refractivity contribution in [3.63, 3.8) is 0 Å². The average molecular weight is 246 g/mol. The van der Waals surface area contributed by atoms with Gasteiger partial charge in [0.05, 0.1) is 0 Å². The molecular weight excluding hydrogens is 241 g/mol. The molecule has 4 heteroatoms. The van der Waals surface area contributed by atoms with Gasteiger partial charge in [-0.2, -0.15) is 4.98 Å². The van der Waals surface area contributed by atoms with Crippen molar-refractivity contribution in [3.05, 3.63) is 29.1 Å². The van der Waals surface area contributed by atoms with Crippen LogP contribution in [0.5, 0.6) is 0 Å². The van der Waals surface area contributed by atoms with Gasteiger partial charge in [0.1, 0.15) is 5.52 Å². The number of hydrogen-bond acceptors (Lipinski definition) is 2. The second kappa shape index (κ2) is 3.07. The third-order valence-electron chi connectivity index (χ3n) is 1.58. The Labute approximate surface area is 82.7 Å². The Balaban J connectivity index is 2.66. The summed E-state index contributed by atoms with van der Waals surface area (Å²) in [6, 6.07) is 5.79. The van der Waals surface area contributed by atoms with Crippen LogP contribution in [0.15, 0.2) is 22.6 Å². The number of benzene rings is 1. The van der Waals surface area contributed by atoms with Crippen LogP contribution in [-0.2, 0) is 5.33 Å². The number of aromatic nitrogens is 1. The van der Waals surface area contributed by atoms with Gasteiger partial charge in [0, 0.05) is 5.33 Å². The zero-order chi connectivity index (χ0) is 8.55. The van der Waals surface area contributed by atoms with Gasteiger partial charge >= 0.3 is 0 Å². The number of hydrogen-bond donors (Lipinski definition) is 0. The summed E-state index contributed by atoms with van der Waals surface area (Å²) in [6.07, 6.45) is 0. The monoisotopic (exact) mass is 245 g/mol. The van der Waals surface area contributed by atoms with Crippen molar-refractivity contribution in [2.75, 3.05) is 0 Å². The molecule has 0 fully saturated rings. The van der Waals surface area contributed by atoms with Gasteiger partial charge in [-0.15, -0.1) is 0 Å². The molecule has 0 bridgehead atoms. The Bertz CT molecular complexity index is 412. The smallest absolute Gasteiger partial charge is 0.293 e. The van der Waals surface area contributed by atoms with Gasteiger partial charge < -0.3 is 4.42 Å². The quantitative estimate of drug-likeness (QED) is 0.721. The van der Waals surface area contributed by atoms with E-state index in [4.69, 9.17) is 16.0 Å². The second-order valence-electron chi connectivity index (χ2n) is 2.40. The van der Waals surface area contributed by atoms with Crippen molar-refractivity contribution >= 4 is 38.6 Å². The van der Waals surface area contributed by atoms with E-state index in [-0.39, 0.29) is 5.35 Å². The van der Waals surface area contributed by atoms with E-state index in [0.717, 1.165) is 22.0 Å². The van der Waals surface area contributed by atoms with Gasteiger partial charge in [-0.05, 0) is 29.3 Å². The lowest BCUT2D eigenvalue weighted by molar-refractivity contribution is 0.604. The van der Waals surface area contributed by atoms with E-state index in [0.29, 0.717) is 0 Å². The number of alkyl halides is 1. The first-order valence-corrected chi connectivity index (χ1v) is 4.90. The van der Waals surface area contributed by atoms with Crippen molar-refractivity contribution < 1.29 is 4.42 Å². The van der Waals surface area contributed by atoms with Gasteiger partial charge in [-0.1, -0.05) is 22.0 Å². The topological polar surface area (TPSA) is 26.0 Å². The predicted molar refractivity (Wildman–Crippen MR) is 51.7 cm³/mol. The van der Waals surface area contributed by atoms with Crippen LogP contribution in [0.2, 0.25) is 5.35 Å². The fourth-order valence-corrected chi connectivity index (χ4v) is 1.55. The maximum absolute atomic E-state index is 5.59. The minimum absolute atomic E-state index is 0.191. The van der Waals surface area contributed by atoms with Crippen LogP contribution in [0, 0.1) is 0 Å². The molecule has 2 aromatic rings. The van der Waals surface area contributed by atoms with Gasteiger partial charge in [0.15, 0.2) is 5.58 Å². The van der Waals surface area contributed by atoms with E-state index in [1.807, 2.05) is 18.2 Å². The summed E-state index contributed by atoms with van der Waals surface area (Å²) in [5, 5.41) is 0.998. The van der Waals surface area contributed by atoms with Gasteiger partial charge in [0.2, 0.25) is 0 Å². The minimum atomic E-state index is 0.191. The Morgan fingerprint density at radius 2 is 2.33 bits per heavy atom. The van der Waals surface area contributed by atoms with Crippen LogP contribution in [0.4, 0.5) is 0 Å². The summed E-state index contributed by atoms with van der Waals surface area (Å²) < 4.78 is 5.14. The summed E-state index contributed by atoms with van der Waals surface area (Å²) in [6.45, 7) is 0. The Morgan fingerprint density at radius 1 is 1.50 bits per heavy atom. The van der Waals surface area contributed by atoms with Crippen LogP contribution in [0.25, 0.3) is 11.1 Å². The van der Waals surface area contributed by atoms with Crippen molar-refractivity contribution in [2.45, 2.75) is 5.33 Å². The first-order chi connectivity index (χ1) is 5.79. The highest BCUT2D eigenvalue weighted by Crippen LogP contribution is 2.20. The molecule has 0 unspecified atom stereocenters. The summed E-state index contributed by atoms with van der Waals surface area (Å²) >= 11 is 8.94.